The molecule has 1 fully saturated rings. The van der Waals surface area contributed by atoms with Crippen molar-refractivity contribution in [2.75, 3.05) is 13.1 Å². The molecule has 0 aromatic carbocycles. The van der Waals surface area contributed by atoms with Gasteiger partial charge in [-0.15, -0.1) is 0 Å². The molecular formula is C11H16ClN3O2S. The normalized spacial score (nSPS) is 19.0. The van der Waals surface area contributed by atoms with Crippen LogP contribution in [0.25, 0.3) is 0 Å². The second-order valence-corrected chi connectivity index (χ2v) is 6.72. The molecule has 1 aromatic heterocycles. The van der Waals surface area contributed by atoms with E-state index in [0.29, 0.717) is 19.0 Å². The zero-order valence-electron chi connectivity index (χ0n) is 10.2. The molecule has 0 amide bonds. The third-order valence-electron chi connectivity index (χ3n) is 3.39. The molecule has 1 aliphatic heterocycles. The third kappa shape index (κ3) is 2.81. The van der Waals surface area contributed by atoms with Crippen molar-refractivity contribution in [1.82, 2.24) is 14.3 Å². The predicted octanol–water partition coefficient (Wildman–Crippen LogP) is 1.94. The average Bonchev–Trinajstić information content (AvgIpc) is 2.39. The molecule has 0 bridgehead atoms. The van der Waals surface area contributed by atoms with Gasteiger partial charge >= 0.3 is 0 Å². The first-order valence-corrected chi connectivity index (χ1v) is 7.83. The summed E-state index contributed by atoms with van der Waals surface area (Å²) < 4.78 is 26.1. The van der Waals surface area contributed by atoms with Gasteiger partial charge in [-0.2, -0.15) is 4.31 Å². The summed E-state index contributed by atoms with van der Waals surface area (Å²) in [5.74, 6) is 0.637. The Morgan fingerprint density at radius 2 is 1.89 bits per heavy atom. The van der Waals surface area contributed by atoms with Crippen LogP contribution in [0, 0.1) is 5.92 Å². The summed E-state index contributed by atoms with van der Waals surface area (Å²) in [5.41, 5.74) is 0. The fourth-order valence-electron chi connectivity index (χ4n) is 2.14. The zero-order chi connectivity index (χ0) is 13.2. The Balaban J connectivity index is 2.15. The third-order valence-corrected chi connectivity index (χ3v) is 5.43. The Kier molecular flexibility index (Phi) is 4.19. The number of halogens is 1. The topological polar surface area (TPSA) is 63.2 Å². The monoisotopic (exact) mass is 289 g/mol. The lowest BCUT2D eigenvalue weighted by molar-refractivity contribution is 0.269. The van der Waals surface area contributed by atoms with Gasteiger partial charge in [0.15, 0.2) is 0 Å². The summed E-state index contributed by atoms with van der Waals surface area (Å²) in [5, 5.41) is 0.0543. The molecule has 2 heterocycles. The summed E-state index contributed by atoms with van der Waals surface area (Å²) in [7, 11) is -3.46. The van der Waals surface area contributed by atoms with Gasteiger partial charge in [-0.1, -0.05) is 13.3 Å². The maximum atomic E-state index is 12.3. The summed E-state index contributed by atoms with van der Waals surface area (Å²) in [6.45, 7) is 3.29. The van der Waals surface area contributed by atoms with Gasteiger partial charge in [-0.3, -0.25) is 0 Å². The highest BCUT2D eigenvalue weighted by molar-refractivity contribution is 7.89. The highest BCUT2D eigenvalue weighted by Crippen LogP contribution is 2.24. The van der Waals surface area contributed by atoms with Crippen LogP contribution in [0.15, 0.2) is 17.3 Å². The highest BCUT2D eigenvalue weighted by Gasteiger charge is 2.29. The average molecular weight is 290 g/mol. The van der Waals surface area contributed by atoms with Gasteiger partial charge in [0.05, 0.1) is 12.4 Å². The molecule has 0 radical (unpaired) electrons. The molecule has 1 aliphatic rings. The van der Waals surface area contributed by atoms with Crippen LogP contribution in [0.3, 0.4) is 0 Å². The van der Waals surface area contributed by atoms with Crippen molar-refractivity contribution >= 4 is 21.6 Å². The van der Waals surface area contributed by atoms with E-state index in [1.165, 1.54) is 16.7 Å². The number of aromatic nitrogens is 2. The number of rotatable bonds is 3. The minimum atomic E-state index is -3.46. The molecule has 0 spiro atoms. The van der Waals surface area contributed by atoms with Gasteiger partial charge in [0.1, 0.15) is 4.90 Å². The van der Waals surface area contributed by atoms with E-state index in [1.54, 1.807) is 0 Å². The second-order valence-electron chi connectivity index (χ2n) is 4.44. The Hall–Kier alpha value is -0.720. The molecule has 1 saturated heterocycles. The van der Waals surface area contributed by atoms with E-state index in [9.17, 15) is 8.42 Å². The first kappa shape index (κ1) is 13.7. The first-order valence-electron chi connectivity index (χ1n) is 6.01. The fraction of sp³-hybridized carbons (Fsp3) is 0.636. The van der Waals surface area contributed by atoms with Crippen molar-refractivity contribution in [3.8, 4) is 0 Å². The van der Waals surface area contributed by atoms with Crippen LogP contribution in [0.4, 0.5) is 0 Å². The Morgan fingerprint density at radius 3 is 2.39 bits per heavy atom. The minimum absolute atomic E-state index is 0.0543. The molecule has 2 rings (SSSR count). The molecule has 5 nitrogen and oxygen atoms in total. The van der Waals surface area contributed by atoms with E-state index < -0.39 is 10.0 Å². The number of hydrogen-bond donors (Lipinski definition) is 0. The quantitative estimate of drug-likeness (QED) is 0.798. The number of sulfonamides is 1. The fourth-order valence-corrected chi connectivity index (χ4v) is 3.60. The van der Waals surface area contributed by atoms with E-state index >= 15 is 0 Å². The van der Waals surface area contributed by atoms with Crippen LogP contribution in [0.5, 0.6) is 0 Å². The van der Waals surface area contributed by atoms with Gasteiger partial charge in [-0.05, 0) is 30.4 Å². The van der Waals surface area contributed by atoms with Gasteiger partial charge < -0.3 is 0 Å². The molecule has 0 atom stereocenters. The van der Waals surface area contributed by atoms with Crippen LogP contribution in [0.2, 0.25) is 5.28 Å². The zero-order valence-corrected chi connectivity index (χ0v) is 11.8. The molecular weight excluding hydrogens is 274 g/mol. The molecule has 0 aliphatic carbocycles. The number of piperidine rings is 1. The summed E-state index contributed by atoms with van der Waals surface area (Å²) in [6, 6.07) is 0. The maximum absolute atomic E-state index is 12.3. The molecule has 0 saturated carbocycles. The summed E-state index contributed by atoms with van der Waals surface area (Å²) in [6.07, 6.45) is 5.47. The summed E-state index contributed by atoms with van der Waals surface area (Å²) in [4.78, 5) is 7.55. The number of hydrogen-bond acceptors (Lipinski definition) is 4. The Labute approximate surface area is 112 Å². The van der Waals surface area contributed by atoms with E-state index in [2.05, 4.69) is 16.9 Å². The molecule has 18 heavy (non-hydrogen) atoms. The molecule has 1 aromatic rings. The van der Waals surface area contributed by atoms with Crippen LogP contribution < -0.4 is 0 Å². The van der Waals surface area contributed by atoms with Crippen molar-refractivity contribution in [3.63, 3.8) is 0 Å². The SMILES string of the molecule is CCC1CCN(S(=O)(=O)c2cnc(Cl)nc2)CC1. The van der Waals surface area contributed by atoms with Gasteiger partial charge in [0, 0.05) is 13.1 Å². The van der Waals surface area contributed by atoms with Crippen LogP contribution in [-0.4, -0.2) is 35.8 Å². The minimum Gasteiger partial charge on any atom is -0.225 e. The maximum Gasteiger partial charge on any atom is 0.246 e. The Bertz CT molecular complexity index is 496. The van der Waals surface area contributed by atoms with Crippen LogP contribution >= 0.6 is 11.6 Å². The first-order chi connectivity index (χ1) is 8.54. The highest BCUT2D eigenvalue weighted by atomic mass is 35.5. The Morgan fingerprint density at radius 1 is 1.33 bits per heavy atom. The van der Waals surface area contributed by atoms with Crippen molar-refractivity contribution in [1.29, 1.82) is 0 Å². The molecule has 100 valence electrons. The van der Waals surface area contributed by atoms with Gasteiger partial charge in [0.2, 0.25) is 15.3 Å². The van der Waals surface area contributed by atoms with Gasteiger partial charge in [0.25, 0.3) is 0 Å². The lowest BCUT2D eigenvalue weighted by Crippen LogP contribution is -2.38. The lowest BCUT2D eigenvalue weighted by atomic mass is 9.96. The van der Waals surface area contributed by atoms with E-state index in [4.69, 9.17) is 11.6 Å². The second kappa shape index (κ2) is 5.50. The van der Waals surface area contributed by atoms with Crippen molar-refractivity contribution in [2.45, 2.75) is 31.1 Å². The van der Waals surface area contributed by atoms with Gasteiger partial charge in [-0.25, -0.2) is 18.4 Å². The van der Waals surface area contributed by atoms with Crippen molar-refractivity contribution < 1.29 is 8.42 Å². The number of nitrogens with zero attached hydrogens (tertiary/aromatic N) is 3. The van der Waals surface area contributed by atoms with E-state index in [1.807, 2.05) is 0 Å². The lowest BCUT2D eigenvalue weighted by Gasteiger charge is -2.30. The molecule has 0 N–H and O–H groups in total. The van der Waals surface area contributed by atoms with E-state index in [-0.39, 0.29) is 10.2 Å². The van der Waals surface area contributed by atoms with E-state index in [0.717, 1.165) is 19.3 Å². The molecule has 7 heteroatoms. The largest absolute Gasteiger partial charge is 0.246 e. The summed E-state index contributed by atoms with van der Waals surface area (Å²) >= 11 is 5.55. The standard InChI is InChI=1S/C11H16ClN3O2S/c1-2-9-3-5-15(6-4-9)18(16,17)10-7-13-11(12)14-8-10/h7-9H,2-6H2,1H3. The van der Waals surface area contributed by atoms with Crippen molar-refractivity contribution in [3.05, 3.63) is 17.7 Å². The van der Waals surface area contributed by atoms with Crippen molar-refractivity contribution in [2.24, 2.45) is 5.92 Å². The predicted molar refractivity (Wildman–Crippen MR) is 68.8 cm³/mol. The van der Waals surface area contributed by atoms with Crippen LogP contribution in [0.1, 0.15) is 26.2 Å². The smallest absolute Gasteiger partial charge is 0.225 e. The molecule has 0 unspecified atom stereocenters. The van der Waals surface area contributed by atoms with Crippen LogP contribution in [-0.2, 0) is 10.0 Å².